The van der Waals surface area contributed by atoms with Crippen LogP contribution < -0.4 is 0 Å². The van der Waals surface area contributed by atoms with E-state index in [1.165, 1.54) is 0 Å². The van der Waals surface area contributed by atoms with Crippen molar-refractivity contribution in [3.05, 3.63) is 23.7 Å². The van der Waals surface area contributed by atoms with Gasteiger partial charge in [-0.2, -0.15) is 0 Å². The first kappa shape index (κ1) is 8.84. The first-order valence-corrected chi connectivity index (χ1v) is 3.94. The van der Waals surface area contributed by atoms with Crippen LogP contribution in [0.1, 0.15) is 23.0 Å². The molecule has 3 nitrogen and oxygen atoms in total. The van der Waals surface area contributed by atoms with E-state index in [9.17, 15) is 4.79 Å². The Morgan fingerprint density at radius 3 is 2.75 bits per heavy atom. The summed E-state index contributed by atoms with van der Waals surface area (Å²) in [5.74, 6) is 0.759. The van der Waals surface area contributed by atoms with Crippen molar-refractivity contribution in [1.82, 2.24) is 4.90 Å². The minimum absolute atomic E-state index is 0.000556. The zero-order chi connectivity index (χ0) is 9.14. The van der Waals surface area contributed by atoms with Crippen molar-refractivity contribution < 1.29 is 9.21 Å². The molecule has 3 heteroatoms. The second kappa shape index (κ2) is 3.43. The van der Waals surface area contributed by atoms with Crippen LogP contribution in [0.3, 0.4) is 0 Å². The fraction of sp³-hybridized carbons (Fsp3) is 0.444. The number of rotatable bonds is 2. The largest absolute Gasteiger partial charge is 0.469 e. The van der Waals surface area contributed by atoms with E-state index in [4.69, 9.17) is 4.42 Å². The third-order valence-corrected chi connectivity index (χ3v) is 1.70. The Labute approximate surface area is 72.0 Å². The van der Waals surface area contributed by atoms with E-state index in [0.29, 0.717) is 5.56 Å². The van der Waals surface area contributed by atoms with E-state index >= 15 is 0 Å². The van der Waals surface area contributed by atoms with Crippen molar-refractivity contribution >= 4 is 5.91 Å². The monoisotopic (exact) mass is 167 g/mol. The maximum Gasteiger partial charge on any atom is 0.256 e. The molecule has 0 aromatic carbocycles. The van der Waals surface area contributed by atoms with Gasteiger partial charge < -0.3 is 9.32 Å². The molecule has 0 radical (unpaired) electrons. The highest BCUT2D eigenvalue weighted by Crippen LogP contribution is 2.12. The lowest BCUT2D eigenvalue weighted by molar-refractivity contribution is 0.0825. The van der Waals surface area contributed by atoms with Gasteiger partial charge in [0, 0.05) is 20.5 Å². The number of carbonyl (C=O) groups is 1. The minimum Gasteiger partial charge on any atom is -0.469 e. The van der Waals surface area contributed by atoms with Crippen LogP contribution in [0.2, 0.25) is 0 Å². The molecule has 0 bridgehead atoms. The topological polar surface area (TPSA) is 33.5 Å². The molecule has 0 aliphatic heterocycles. The summed E-state index contributed by atoms with van der Waals surface area (Å²) in [4.78, 5) is 13.0. The van der Waals surface area contributed by atoms with Crippen molar-refractivity contribution in [2.24, 2.45) is 0 Å². The highest BCUT2D eigenvalue weighted by atomic mass is 16.3. The maximum atomic E-state index is 11.5. The van der Waals surface area contributed by atoms with Gasteiger partial charge in [-0.05, 0) is 6.07 Å². The van der Waals surface area contributed by atoms with Crippen molar-refractivity contribution in [3.63, 3.8) is 0 Å². The molecule has 1 heterocycles. The fourth-order valence-corrected chi connectivity index (χ4v) is 1.05. The van der Waals surface area contributed by atoms with E-state index in [2.05, 4.69) is 0 Å². The predicted molar refractivity (Wildman–Crippen MR) is 46.1 cm³/mol. The standard InChI is InChI=1S/C9H13NO2/c1-4-8-7(5-6-12-8)9(11)10(2)3/h5-6H,4H2,1-3H3. The third kappa shape index (κ3) is 1.49. The van der Waals surface area contributed by atoms with Crippen LogP contribution in [0.5, 0.6) is 0 Å². The molecule has 1 aromatic heterocycles. The number of amides is 1. The summed E-state index contributed by atoms with van der Waals surface area (Å²) in [6.07, 6.45) is 2.30. The Bertz CT molecular complexity index is 276. The molecule has 12 heavy (non-hydrogen) atoms. The van der Waals surface area contributed by atoms with Gasteiger partial charge in [0.1, 0.15) is 5.76 Å². The third-order valence-electron chi connectivity index (χ3n) is 1.70. The van der Waals surface area contributed by atoms with Crippen molar-refractivity contribution in [1.29, 1.82) is 0 Å². The van der Waals surface area contributed by atoms with E-state index in [1.54, 1.807) is 31.3 Å². The average molecular weight is 167 g/mol. The first-order chi connectivity index (χ1) is 5.66. The molecule has 66 valence electrons. The van der Waals surface area contributed by atoms with E-state index in [1.807, 2.05) is 6.92 Å². The molecular formula is C9H13NO2. The van der Waals surface area contributed by atoms with Crippen molar-refractivity contribution in [2.45, 2.75) is 13.3 Å². The molecule has 1 amide bonds. The Morgan fingerprint density at radius 1 is 1.58 bits per heavy atom. The van der Waals surface area contributed by atoms with Crippen molar-refractivity contribution in [3.8, 4) is 0 Å². The highest BCUT2D eigenvalue weighted by Gasteiger charge is 2.14. The van der Waals surface area contributed by atoms with Gasteiger partial charge in [-0.3, -0.25) is 4.79 Å². The van der Waals surface area contributed by atoms with Gasteiger partial charge in [-0.1, -0.05) is 6.92 Å². The quantitative estimate of drug-likeness (QED) is 0.669. The summed E-state index contributed by atoms with van der Waals surface area (Å²) in [6, 6.07) is 1.71. The summed E-state index contributed by atoms with van der Waals surface area (Å²) < 4.78 is 5.14. The molecule has 0 spiro atoms. The lowest BCUT2D eigenvalue weighted by atomic mass is 10.2. The van der Waals surface area contributed by atoms with Crippen LogP contribution in [0.4, 0.5) is 0 Å². The van der Waals surface area contributed by atoms with E-state index in [-0.39, 0.29) is 5.91 Å². The second-order valence-corrected chi connectivity index (χ2v) is 2.81. The number of furan rings is 1. The highest BCUT2D eigenvalue weighted by molar-refractivity contribution is 5.94. The van der Waals surface area contributed by atoms with Gasteiger partial charge in [0.2, 0.25) is 0 Å². The normalized spacial score (nSPS) is 9.92. The molecule has 1 rings (SSSR count). The Morgan fingerprint density at radius 2 is 2.25 bits per heavy atom. The number of aryl methyl sites for hydroxylation is 1. The SMILES string of the molecule is CCc1occc1C(=O)N(C)C. The Balaban J connectivity index is 2.94. The van der Waals surface area contributed by atoms with Gasteiger partial charge in [0.05, 0.1) is 11.8 Å². The Kier molecular flexibility index (Phi) is 2.53. The van der Waals surface area contributed by atoms with Gasteiger partial charge >= 0.3 is 0 Å². The van der Waals surface area contributed by atoms with E-state index in [0.717, 1.165) is 12.2 Å². The summed E-state index contributed by atoms with van der Waals surface area (Å²) >= 11 is 0. The average Bonchev–Trinajstić information content (AvgIpc) is 2.49. The summed E-state index contributed by atoms with van der Waals surface area (Å²) in [7, 11) is 3.46. The zero-order valence-electron chi connectivity index (χ0n) is 7.63. The van der Waals surface area contributed by atoms with Crippen LogP contribution in [-0.4, -0.2) is 24.9 Å². The summed E-state index contributed by atoms with van der Waals surface area (Å²) in [6.45, 7) is 1.96. The van der Waals surface area contributed by atoms with Gasteiger partial charge in [-0.15, -0.1) is 0 Å². The maximum absolute atomic E-state index is 11.5. The molecule has 0 aliphatic rings. The van der Waals surface area contributed by atoms with Gasteiger partial charge in [0.25, 0.3) is 5.91 Å². The zero-order valence-corrected chi connectivity index (χ0v) is 7.63. The number of carbonyl (C=O) groups excluding carboxylic acids is 1. The van der Waals surface area contributed by atoms with Gasteiger partial charge in [-0.25, -0.2) is 0 Å². The molecule has 0 aliphatic carbocycles. The molecule has 0 saturated heterocycles. The van der Waals surface area contributed by atoms with Crippen LogP contribution in [0.15, 0.2) is 16.7 Å². The molecule has 0 saturated carbocycles. The number of hydrogen-bond acceptors (Lipinski definition) is 2. The molecule has 0 N–H and O–H groups in total. The lowest BCUT2D eigenvalue weighted by Crippen LogP contribution is -2.22. The van der Waals surface area contributed by atoms with Gasteiger partial charge in [0.15, 0.2) is 0 Å². The van der Waals surface area contributed by atoms with Crippen LogP contribution in [0.25, 0.3) is 0 Å². The fourth-order valence-electron chi connectivity index (χ4n) is 1.05. The molecule has 0 unspecified atom stereocenters. The molecular weight excluding hydrogens is 154 g/mol. The molecule has 1 aromatic rings. The molecule has 0 fully saturated rings. The first-order valence-electron chi connectivity index (χ1n) is 3.94. The number of nitrogens with zero attached hydrogens (tertiary/aromatic N) is 1. The lowest BCUT2D eigenvalue weighted by Gasteiger charge is -2.08. The smallest absolute Gasteiger partial charge is 0.256 e. The van der Waals surface area contributed by atoms with Crippen LogP contribution in [-0.2, 0) is 6.42 Å². The van der Waals surface area contributed by atoms with Crippen molar-refractivity contribution in [2.75, 3.05) is 14.1 Å². The van der Waals surface area contributed by atoms with Crippen LogP contribution >= 0.6 is 0 Å². The minimum atomic E-state index is 0.000556. The Hall–Kier alpha value is -1.25. The number of hydrogen-bond donors (Lipinski definition) is 0. The van der Waals surface area contributed by atoms with E-state index < -0.39 is 0 Å². The summed E-state index contributed by atoms with van der Waals surface area (Å²) in [5, 5.41) is 0. The molecule has 0 atom stereocenters. The second-order valence-electron chi connectivity index (χ2n) is 2.81. The summed E-state index contributed by atoms with van der Waals surface area (Å²) in [5.41, 5.74) is 0.669. The van der Waals surface area contributed by atoms with Crippen LogP contribution in [0, 0.1) is 0 Å². The predicted octanol–water partition coefficient (Wildman–Crippen LogP) is 1.54.